The number of fused-ring (bicyclic) bond motifs is 1. The number of aromatic amines is 3. The molecule has 3 aromatic rings. The molecule has 0 spiro atoms. The van der Waals surface area contributed by atoms with Gasteiger partial charge >= 0.3 is 0 Å². The monoisotopic (exact) mass is 320 g/mol. The molecule has 10 N–H and O–H groups in total. The summed E-state index contributed by atoms with van der Waals surface area (Å²) in [5.74, 6) is -0.119. The van der Waals surface area contributed by atoms with Crippen LogP contribution in [0.5, 0.6) is 0 Å². The number of aromatic nitrogens is 6. The minimum absolute atomic E-state index is 0.0783. The van der Waals surface area contributed by atoms with Gasteiger partial charge in [0.05, 0.1) is 6.33 Å². The molecular formula is C10H12N10O3. The zero-order valence-corrected chi connectivity index (χ0v) is 11.5. The second-order valence-electron chi connectivity index (χ2n) is 4.03. The third kappa shape index (κ3) is 3.41. The average Bonchev–Trinajstić information content (AvgIpc) is 2.92. The van der Waals surface area contributed by atoms with E-state index in [-0.39, 0.29) is 29.0 Å². The molecular weight excluding hydrogens is 308 g/mol. The summed E-state index contributed by atoms with van der Waals surface area (Å²) in [5, 5.41) is 2.10. The van der Waals surface area contributed by atoms with Crippen LogP contribution in [0.4, 0.5) is 23.4 Å². The Labute approximate surface area is 126 Å². The molecule has 0 bridgehead atoms. The zero-order valence-electron chi connectivity index (χ0n) is 11.5. The van der Waals surface area contributed by atoms with Crippen molar-refractivity contribution in [2.45, 2.75) is 0 Å². The van der Waals surface area contributed by atoms with Gasteiger partial charge < -0.3 is 27.5 Å². The van der Waals surface area contributed by atoms with E-state index >= 15 is 0 Å². The molecule has 0 saturated heterocycles. The van der Waals surface area contributed by atoms with Crippen LogP contribution in [0.25, 0.3) is 11.2 Å². The maximum absolute atomic E-state index is 11.0. The maximum atomic E-state index is 11.0. The standard InChI is InChI=1S/C5H7N5O2.C5H5N5O/c6-3-2(8-1-11)4(12)10-5(7)9-3;6-5-9-3-2(4(11)10-5)7-1-8-3/h1H,(H,8,11)(H5,6,7,9,10,12);1H,(H4,6,7,8,9,10,11). The van der Waals surface area contributed by atoms with Crippen molar-refractivity contribution in [3.63, 3.8) is 0 Å². The third-order valence-corrected chi connectivity index (χ3v) is 2.48. The number of amides is 1. The van der Waals surface area contributed by atoms with Crippen molar-refractivity contribution in [1.29, 1.82) is 0 Å². The molecule has 13 heteroatoms. The fourth-order valence-electron chi connectivity index (χ4n) is 1.57. The highest BCUT2D eigenvalue weighted by atomic mass is 16.1. The van der Waals surface area contributed by atoms with E-state index in [9.17, 15) is 14.4 Å². The molecule has 3 heterocycles. The quantitative estimate of drug-likeness (QED) is 0.252. The number of H-pyrrole nitrogens is 3. The van der Waals surface area contributed by atoms with Crippen LogP contribution in [0.2, 0.25) is 0 Å². The first kappa shape index (κ1) is 15.5. The summed E-state index contributed by atoms with van der Waals surface area (Å²) >= 11 is 0. The van der Waals surface area contributed by atoms with E-state index in [2.05, 4.69) is 35.2 Å². The summed E-state index contributed by atoms with van der Waals surface area (Å²) in [6.45, 7) is 0. The Balaban J connectivity index is 0.000000167. The zero-order chi connectivity index (χ0) is 17.0. The van der Waals surface area contributed by atoms with Crippen molar-refractivity contribution < 1.29 is 4.79 Å². The summed E-state index contributed by atoms with van der Waals surface area (Å²) in [6, 6.07) is 0. The number of rotatable bonds is 2. The predicted molar refractivity (Wildman–Crippen MR) is 82.3 cm³/mol. The number of nitrogens with one attached hydrogen (secondary N) is 4. The second-order valence-corrected chi connectivity index (χ2v) is 4.03. The number of nitrogen functional groups attached to an aromatic ring is 3. The first-order chi connectivity index (χ1) is 10.9. The largest absolute Gasteiger partial charge is 0.382 e. The minimum Gasteiger partial charge on any atom is -0.382 e. The molecule has 0 aliphatic heterocycles. The molecule has 0 radical (unpaired) electrons. The van der Waals surface area contributed by atoms with Gasteiger partial charge in [0.1, 0.15) is 5.69 Å². The van der Waals surface area contributed by atoms with Crippen LogP contribution in [-0.4, -0.2) is 36.3 Å². The lowest BCUT2D eigenvalue weighted by Crippen LogP contribution is -2.18. The summed E-state index contributed by atoms with van der Waals surface area (Å²) in [5.41, 5.74) is 15.4. The van der Waals surface area contributed by atoms with E-state index in [0.29, 0.717) is 17.6 Å². The summed E-state index contributed by atoms with van der Waals surface area (Å²) in [6.07, 6.45) is 1.73. The Bertz CT molecular complexity index is 955. The van der Waals surface area contributed by atoms with E-state index in [4.69, 9.17) is 17.2 Å². The van der Waals surface area contributed by atoms with Gasteiger partial charge in [-0.3, -0.25) is 24.4 Å². The Morgan fingerprint density at radius 3 is 2.35 bits per heavy atom. The van der Waals surface area contributed by atoms with Crippen LogP contribution in [0, 0.1) is 0 Å². The first-order valence-corrected chi connectivity index (χ1v) is 5.96. The van der Waals surface area contributed by atoms with E-state index in [1.807, 2.05) is 0 Å². The van der Waals surface area contributed by atoms with Gasteiger partial charge in [0.25, 0.3) is 11.1 Å². The Morgan fingerprint density at radius 2 is 1.70 bits per heavy atom. The molecule has 0 aliphatic carbocycles. The number of nitrogens with two attached hydrogens (primary N) is 3. The minimum atomic E-state index is -0.577. The van der Waals surface area contributed by atoms with Gasteiger partial charge in [-0.05, 0) is 0 Å². The lowest BCUT2D eigenvalue weighted by Gasteiger charge is -2.01. The molecule has 0 atom stereocenters. The normalized spacial score (nSPS) is 9.91. The fourth-order valence-corrected chi connectivity index (χ4v) is 1.57. The van der Waals surface area contributed by atoms with Gasteiger partial charge in [-0.15, -0.1) is 0 Å². The van der Waals surface area contributed by atoms with Crippen LogP contribution < -0.4 is 33.6 Å². The number of hydrogen-bond donors (Lipinski definition) is 7. The molecule has 0 aliphatic rings. The average molecular weight is 320 g/mol. The highest BCUT2D eigenvalue weighted by Gasteiger charge is 2.05. The number of carbonyl (C=O) groups excluding carboxylic acids is 1. The molecule has 1 amide bonds. The third-order valence-electron chi connectivity index (χ3n) is 2.48. The predicted octanol–water partition coefficient (Wildman–Crippen LogP) is -2.27. The van der Waals surface area contributed by atoms with E-state index in [0.717, 1.165) is 0 Å². The van der Waals surface area contributed by atoms with Crippen molar-refractivity contribution in [2.24, 2.45) is 0 Å². The lowest BCUT2D eigenvalue weighted by molar-refractivity contribution is -0.105. The SMILES string of the molecule is Nc1nc(N)c(NC=O)c(=O)[nH]1.Nc1nc2nc[nH]c2c(=O)[nH]1. The van der Waals surface area contributed by atoms with Crippen molar-refractivity contribution in [3.8, 4) is 0 Å². The van der Waals surface area contributed by atoms with Crippen molar-refractivity contribution in [3.05, 3.63) is 27.0 Å². The molecule has 120 valence electrons. The highest BCUT2D eigenvalue weighted by molar-refractivity contribution is 5.77. The number of imidazole rings is 1. The van der Waals surface area contributed by atoms with Gasteiger partial charge in [0.2, 0.25) is 18.3 Å². The van der Waals surface area contributed by atoms with Gasteiger partial charge in [-0.2, -0.15) is 9.97 Å². The number of nitrogens with zero attached hydrogens (tertiary/aromatic N) is 3. The first-order valence-electron chi connectivity index (χ1n) is 5.96. The summed E-state index contributed by atoms with van der Waals surface area (Å²) in [7, 11) is 0. The van der Waals surface area contributed by atoms with Crippen LogP contribution in [0.15, 0.2) is 15.9 Å². The Hall–Kier alpha value is -3.90. The molecule has 23 heavy (non-hydrogen) atoms. The van der Waals surface area contributed by atoms with Crippen molar-refractivity contribution in [1.82, 2.24) is 29.9 Å². The second kappa shape index (κ2) is 6.25. The Morgan fingerprint density at radius 1 is 1.04 bits per heavy atom. The molecule has 0 fully saturated rings. The van der Waals surface area contributed by atoms with Gasteiger partial charge in [-0.25, -0.2) is 4.98 Å². The molecule has 0 aromatic carbocycles. The number of carbonyl (C=O) groups is 1. The van der Waals surface area contributed by atoms with Crippen molar-refractivity contribution in [2.75, 3.05) is 22.5 Å². The highest BCUT2D eigenvalue weighted by Crippen LogP contribution is 2.07. The maximum Gasteiger partial charge on any atom is 0.278 e. The Kier molecular flexibility index (Phi) is 4.21. The summed E-state index contributed by atoms with van der Waals surface area (Å²) < 4.78 is 0. The van der Waals surface area contributed by atoms with Crippen molar-refractivity contribution >= 4 is 41.0 Å². The van der Waals surface area contributed by atoms with E-state index < -0.39 is 5.56 Å². The van der Waals surface area contributed by atoms with E-state index in [1.165, 1.54) is 6.33 Å². The van der Waals surface area contributed by atoms with Crippen LogP contribution >= 0.6 is 0 Å². The van der Waals surface area contributed by atoms with Crippen LogP contribution in [-0.2, 0) is 4.79 Å². The van der Waals surface area contributed by atoms with Gasteiger partial charge in [0, 0.05) is 0 Å². The van der Waals surface area contributed by atoms with Gasteiger partial charge in [0.15, 0.2) is 17.0 Å². The topological polar surface area (TPSA) is 227 Å². The molecule has 0 unspecified atom stereocenters. The lowest BCUT2D eigenvalue weighted by atomic mass is 10.5. The molecule has 0 saturated carbocycles. The fraction of sp³-hybridized carbons (Fsp3) is 0. The summed E-state index contributed by atoms with van der Waals surface area (Å²) in [4.78, 5) is 50.2. The van der Waals surface area contributed by atoms with Crippen LogP contribution in [0.1, 0.15) is 0 Å². The smallest absolute Gasteiger partial charge is 0.278 e. The molecule has 3 rings (SSSR count). The number of anilines is 4. The van der Waals surface area contributed by atoms with E-state index in [1.54, 1.807) is 0 Å². The molecule has 3 aromatic heterocycles. The number of hydrogen-bond acceptors (Lipinski definition) is 9. The van der Waals surface area contributed by atoms with Crippen LogP contribution in [0.3, 0.4) is 0 Å². The molecule has 13 nitrogen and oxygen atoms in total. The van der Waals surface area contributed by atoms with Gasteiger partial charge in [-0.1, -0.05) is 0 Å².